The van der Waals surface area contributed by atoms with Crippen molar-refractivity contribution in [1.82, 2.24) is 4.90 Å². The molecule has 0 bridgehead atoms. The Morgan fingerprint density at radius 2 is 2.10 bits per heavy atom. The summed E-state index contributed by atoms with van der Waals surface area (Å²) in [6.45, 7) is 0.747. The van der Waals surface area contributed by atoms with Crippen molar-refractivity contribution in [3.05, 3.63) is 59.0 Å². The fourth-order valence-electron chi connectivity index (χ4n) is 2.45. The van der Waals surface area contributed by atoms with Gasteiger partial charge in [-0.2, -0.15) is 0 Å². The minimum atomic E-state index is -1.04. The van der Waals surface area contributed by atoms with Crippen LogP contribution in [0.1, 0.15) is 32.0 Å². The molecule has 1 N–H and O–H groups in total. The quantitative estimate of drug-likeness (QED) is 0.928. The van der Waals surface area contributed by atoms with E-state index in [1.54, 1.807) is 11.0 Å². The summed E-state index contributed by atoms with van der Waals surface area (Å²) in [6, 6.07) is 8.89. The van der Waals surface area contributed by atoms with Gasteiger partial charge in [0.05, 0.1) is 12.8 Å². The lowest BCUT2D eigenvalue weighted by Gasteiger charge is -2.27. The zero-order valence-corrected chi connectivity index (χ0v) is 10.7. The van der Waals surface area contributed by atoms with E-state index in [1.807, 2.05) is 18.2 Å². The normalized spacial score (nSPS) is 14.2. The molecule has 2 heterocycles. The van der Waals surface area contributed by atoms with Gasteiger partial charge < -0.3 is 14.4 Å². The van der Waals surface area contributed by atoms with Crippen LogP contribution in [0.25, 0.3) is 0 Å². The summed E-state index contributed by atoms with van der Waals surface area (Å²) in [7, 11) is 0. The summed E-state index contributed by atoms with van der Waals surface area (Å²) in [6.07, 6.45) is 2.10. The fourth-order valence-corrected chi connectivity index (χ4v) is 2.45. The van der Waals surface area contributed by atoms with Crippen LogP contribution < -0.4 is 0 Å². The first kappa shape index (κ1) is 12.5. The average molecular weight is 271 g/mol. The molecule has 1 amide bonds. The lowest BCUT2D eigenvalue weighted by Crippen LogP contribution is -2.37. The maximum Gasteiger partial charge on any atom is 0.339 e. The summed E-state index contributed by atoms with van der Waals surface area (Å²) in [5, 5.41) is 9.04. The maximum absolute atomic E-state index is 12.4. The fraction of sp³-hybridized carbons (Fsp3) is 0.200. The largest absolute Gasteiger partial charge is 0.478 e. The molecule has 1 aromatic carbocycles. The number of nitrogens with zero attached hydrogens (tertiary/aromatic N) is 1. The van der Waals surface area contributed by atoms with Crippen LogP contribution in [0.5, 0.6) is 0 Å². The summed E-state index contributed by atoms with van der Waals surface area (Å²) >= 11 is 0. The highest BCUT2D eigenvalue weighted by Gasteiger charge is 2.26. The highest BCUT2D eigenvalue weighted by Crippen LogP contribution is 2.21. The Hall–Kier alpha value is -2.56. The molecule has 5 heteroatoms. The molecule has 1 aliphatic heterocycles. The maximum atomic E-state index is 12.4. The molecule has 0 saturated heterocycles. The van der Waals surface area contributed by atoms with Crippen LogP contribution in [0, 0.1) is 0 Å². The van der Waals surface area contributed by atoms with Crippen molar-refractivity contribution >= 4 is 11.9 Å². The predicted molar refractivity (Wildman–Crippen MR) is 70.6 cm³/mol. The second-order valence-electron chi connectivity index (χ2n) is 4.70. The van der Waals surface area contributed by atoms with Crippen LogP contribution in [0.4, 0.5) is 0 Å². The van der Waals surface area contributed by atoms with Crippen molar-refractivity contribution in [3.63, 3.8) is 0 Å². The van der Waals surface area contributed by atoms with Gasteiger partial charge in [0.15, 0.2) is 0 Å². The van der Waals surface area contributed by atoms with E-state index in [2.05, 4.69) is 0 Å². The minimum absolute atomic E-state index is 0.0837. The van der Waals surface area contributed by atoms with E-state index in [9.17, 15) is 9.59 Å². The number of aromatic carboxylic acids is 1. The van der Waals surface area contributed by atoms with Crippen molar-refractivity contribution in [3.8, 4) is 0 Å². The monoisotopic (exact) mass is 271 g/mol. The van der Waals surface area contributed by atoms with Crippen molar-refractivity contribution in [2.24, 2.45) is 0 Å². The number of rotatable bonds is 3. The predicted octanol–water partition coefficient (Wildman–Crippen LogP) is 2.18. The topological polar surface area (TPSA) is 70.8 Å². The Bertz CT molecular complexity index is 674. The highest BCUT2D eigenvalue weighted by molar-refractivity contribution is 5.97. The second-order valence-corrected chi connectivity index (χ2v) is 4.70. The lowest BCUT2D eigenvalue weighted by molar-refractivity contribution is 0.0670. The molecule has 1 aliphatic rings. The summed E-state index contributed by atoms with van der Waals surface area (Å²) < 4.78 is 5.19. The minimum Gasteiger partial charge on any atom is -0.478 e. The first-order chi connectivity index (χ1) is 9.66. The van der Waals surface area contributed by atoms with Gasteiger partial charge in [-0.15, -0.1) is 0 Å². The molecule has 2 aromatic rings. The molecule has 1 aromatic heterocycles. The van der Waals surface area contributed by atoms with E-state index in [4.69, 9.17) is 9.52 Å². The SMILES string of the molecule is O=C(O)c1ccoc1CN1CCc2ccccc2C1=O. The van der Waals surface area contributed by atoms with Crippen LogP contribution in [-0.2, 0) is 13.0 Å². The summed E-state index contributed by atoms with van der Waals surface area (Å²) in [5.41, 5.74) is 1.82. The van der Waals surface area contributed by atoms with Gasteiger partial charge in [-0.3, -0.25) is 4.79 Å². The van der Waals surface area contributed by atoms with E-state index < -0.39 is 5.97 Å². The van der Waals surface area contributed by atoms with E-state index in [0.29, 0.717) is 17.9 Å². The zero-order valence-electron chi connectivity index (χ0n) is 10.7. The van der Waals surface area contributed by atoms with E-state index in [0.717, 1.165) is 12.0 Å². The van der Waals surface area contributed by atoms with Gasteiger partial charge >= 0.3 is 5.97 Å². The van der Waals surface area contributed by atoms with Crippen molar-refractivity contribution in [2.75, 3.05) is 6.54 Å². The smallest absolute Gasteiger partial charge is 0.339 e. The molecule has 3 rings (SSSR count). The van der Waals surface area contributed by atoms with Crippen molar-refractivity contribution in [1.29, 1.82) is 0 Å². The van der Waals surface area contributed by atoms with E-state index >= 15 is 0 Å². The Morgan fingerprint density at radius 3 is 2.90 bits per heavy atom. The number of furan rings is 1. The first-order valence-electron chi connectivity index (χ1n) is 6.33. The summed E-state index contributed by atoms with van der Waals surface area (Å²) in [4.78, 5) is 25.0. The van der Waals surface area contributed by atoms with Gasteiger partial charge in [0.2, 0.25) is 0 Å². The highest BCUT2D eigenvalue weighted by atomic mass is 16.4. The number of carboxylic acid groups (broad SMARTS) is 1. The number of carbonyl (C=O) groups is 2. The third-order valence-corrected chi connectivity index (χ3v) is 3.50. The molecular formula is C15H13NO4. The molecule has 0 radical (unpaired) electrons. The Balaban J connectivity index is 1.85. The molecule has 0 unspecified atom stereocenters. The van der Waals surface area contributed by atoms with E-state index in [1.165, 1.54) is 12.3 Å². The number of hydrogen-bond donors (Lipinski definition) is 1. The Labute approximate surface area is 115 Å². The zero-order chi connectivity index (χ0) is 14.1. The molecule has 5 nitrogen and oxygen atoms in total. The second kappa shape index (κ2) is 4.85. The van der Waals surface area contributed by atoms with Gasteiger partial charge in [0, 0.05) is 12.1 Å². The number of carboxylic acids is 1. The standard InChI is InChI=1S/C15H13NO4/c17-14-11-4-2-1-3-10(11)5-7-16(14)9-13-12(15(18)19)6-8-20-13/h1-4,6,8H,5,7,9H2,(H,18,19). The van der Waals surface area contributed by atoms with Gasteiger partial charge in [0.1, 0.15) is 11.3 Å². The number of fused-ring (bicyclic) bond motifs is 1. The lowest BCUT2D eigenvalue weighted by atomic mass is 9.99. The molecular weight excluding hydrogens is 258 g/mol. The molecule has 20 heavy (non-hydrogen) atoms. The van der Waals surface area contributed by atoms with Crippen LogP contribution in [0.3, 0.4) is 0 Å². The number of hydrogen-bond acceptors (Lipinski definition) is 3. The molecule has 0 spiro atoms. The third-order valence-electron chi connectivity index (χ3n) is 3.50. The van der Waals surface area contributed by atoms with Crippen molar-refractivity contribution in [2.45, 2.75) is 13.0 Å². The van der Waals surface area contributed by atoms with Gasteiger partial charge in [0.25, 0.3) is 5.91 Å². The first-order valence-corrected chi connectivity index (χ1v) is 6.33. The molecule has 0 atom stereocenters. The van der Waals surface area contributed by atoms with Crippen molar-refractivity contribution < 1.29 is 19.1 Å². The third kappa shape index (κ3) is 2.07. The number of amides is 1. The Morgan fingerprint density at radius 1 is 1.30 bits per heavy atom. The van der Waals surface area contributed by atoms with Crippen LogP contribution in [0.15, 0.2) is 41.0 Å². The average Bonchev–Trinajstić information content (AvgIpc) is 2.91. The van der Waals surface area contributed by atoms with Gasteiger partial charge in [-0.05, 0) is 24.1 Å². The summed E-state index contributed by atoms with van der Waals surface area (Å²) in [5.74, 6) is -0.816. The number of benzene rings is 1. The number of carbonyl (C=O) groups excluding carboxylic acids is 1. The van der Waals surface area contributed by atoms with Crippen LogP contribution in [-0.4, -0.2) is 28.4 Å². The van der Waals surface area contributed by atoms with Gasteiger partial charge in [-0.1, -0.05) is 18.2 Å². The Kier molecular flexibility index (Phi) is 3.02. The molecule has 0 fully saturated rings. The molecule has 102 valence electrons. The molecule has 0 aliphatic carbocycles. The molecule has 0 saturated carbocycles. The van der Waals surface area contributed by atoms with Crippen LogP contribution in [0.2, 0.25) is 0 Å². The van der Waals surface area contributed by atoms with E-state index in [-0.39, 0.29) is 18.0 Å². The van der Waals surface area contributed by atoms with Crippen LogP contribution >= 0.6 is 0 Å². The van der Waals surface area contributed by atoms with Gasteiger partial charge in [-0.25, -0.2) is 4.79 Å².